The van der Waals surface area contributed by atoms with Gasteiger partial charge in [-0.1, -0.05) is 29.3 Å². The van der Waals surface area contributed by atoms with Gasteiger partial charge in [0.2, 0.25) is 15.9 Å². The van der Waals surface area contributed by atoms with E-state index in [0.29, 0.717) is 25.1 Å². The summed E-state index contributed by atoms with van der Waals surface area (Å²) in [5.74, 6) is -1.38. The van der Waals surface area contributed by atoms with E-state index in [1.807, 2.05) is 6.92 Å². The number of carbonyl (C=O) groups excluding carboxylic acids is 2. The minimum absolute atomic E-state index is 0.0976. The molecule has 0 saturated carbocycles. The normalized spacial score (nSPS) is 17.2. The molecule has 2 aromatic carbocycles. The molecule has 1 fully saturated rings. The zero-order valence-electron chi connectivity index (χ0n) is 17.4. The Morgan fingerprint density at radius 3 is 2.58 bits per heavy atom. The van der Waals surface area contributed by atoms with E-state index in [2.05, 4.69) is 5.32 Å². The van der Waals surface area contributed by atoms with Gasteiger partial charge < -0.3 is 10.1 Å². The molecule has 7 nitrogen and oxygen atoms in total. The summed E-state index contributed by atoms with van der Waals surface area (Å²) in [6.07, 6.45) is 1.15. The number of aryl methyl sites for hydroxylation is 1. The molecule has 1 heterocycles. The third-order valence-corrected chi connectivity index (χ3v) is 7.35. The number of hydrogen-bond acceptors (Lipinski definition) is 5. The number of sulfonamides is 1. The van der Waals surface area contributed by atoms with Crippen molar-refractivity contribution in [1.29, 1.82) is 0 Å². The fourth-order valence-electron chi connectivity index (χ4n) is 3.45. The van der Waals surface area contributed by atoms with E-state index >= 15 is 0 Å². The number of carbonyl (C=O) groups is 2. The molecule has 1 atom stereocenters. The number of halogens is 1. The van der Waals surface area contributed by atoms with Crippen molar-refractivity contribution >= 4 is 39.2 Å². The third kappa shape index (κ3) is 5.44. The molecule has 1 amide bonds. The molecule has 0 aliphatic carbocycles. The van der Waals surface area contributed by atoms with Crippen molar-refractivity contribution in [3.8, 4) is 0 Å². The molecule has 0 unspecified atom stereocenters. The van der Waals surface area contributed by atoms with Gasteiger partial charge in [-0.05, 0) is 57.0 Å². The lowest BCUT2D eigenvalue weighted by Crippen LogP contribution is -2.43. The number of hydrogen-bond donors (Lipinski definition) is 1. The van der Waals surface area contributed by atoms with Gasteiger partial charge in [-0.25, -0.2) is 13.2 Å². The van der Waals surface area contributed by atoms with Crippen molar-refractivity contribution in [3.63, 3.8) is 0 Å². The highest BCUT2D eigenvalue weighted by Crippen LogP contribution is 2.26. The second kappa shape index (κ2) is 9.80. The van der Waals surface area contributed by atoms with Crippen LogP contribution in [0.3, 0.4) is 0 Å². The molecule has 1 aliphatic heterocycles. The number of rotatable bonds is 6. The quantitative estimate of drug-likeness (QED) is 0.655. The third-order valence-electron chi connectivity index (χ3n) is 5.14. The summed E-state index contributed by atoms with van der Waals surface area (Å²) in [6.45, 7) is 4.26. The van der Waals surface area contributed by atoms with E-state index in [1.54, 1.807) is 37.3 Å². The summed E-state index contributed by atoms with van der Waals surface area (Å²) in [6, 6.07) is 11.2. The molecule has 1 aliphatic rings. The molecule has 31 heavy (non-hydrogen) atoms. The Hall–Kier alpha value is -2.42. The lowest BCUT2D eigenvalue weighted by molar-refractivity contribution is -0.120. The Kier molecular flexibility index (Phi) is 7.35. The fraction of sp³-hybridized carbons (Fsp3) is 0.364. The second-order valence-corrected chi connectivity index (χ2v) is 9.76. The van der Waals surface area contributed by atoms with Gasteiger partial charge in [0.15, 0.2) is 0 Å². The first-order valence-electron chi connectivity index (χ1n) is 10.1. The van der Waals surface area contributed by atoms with E-state index in [-0.39, 0.29) is 34.5 Å². The van der Waals surface area contributed by atoms with Crippen molar-refractivity contribution < 1.29 is 22.7 Å². The number of piperidine rings is 1. The van der Waals surface area contributed by atoms with E-state index in [4.69, 9.17) is 16.3 Å². The first-order chi connectivity index (χ1) is 14.7. The van der Waals surface area contributed by atoms with Crippen molar-refractivity contribution in [1.82, 2.24) is 4.31 Å². The van der Waals surface area contributed by atoms with Gasteiger partial charge in [0, 0.05) is 18.8 Å². The Bertz CT molecular complexity index is 1070. The van der Waals surface area contributed by atoms with Crippen molar-refractivity contribution in [2.24, 2.45) is 5.92 Å². The van der Waals surface area contributed by atoms with Crippen LogP contribution in [-0.4, -0.2) is 44.3 Å². The van der Waals surface area contributed by atoms with Crippen LogP contribution in [0.5, 0.6) is 0 Å². The first-order valence-corrected chi connectivity index (χ1v) is 11.9. The molecule has 166 valence electrons. The molecule has 1 saturated heterocycles. The van der Waals surface area contributed by atoms with Crippen LogP contribution in [0.4, 0.5) is 5.69 Å². The fourth-order valence-corrected chi connectivity index (χ4v) is 5.17. The maximum atomic E-state index is 13.0. The van der Waals surface area contributed by atoms with Gasteiger partial charge in [-0.15, -0.1) is 0 Å². The zero-order chi connectivity index (χ0) is 22.6. The summed E-state index contributed by atoms with van der Waals surface area (Å²) in [5.41, 5.74) is 1.53. The number of nitrogens with zero attached hydrogens (tertiary/aromatic N) is 1. The van der Waals surface area contributed by atoms with Gasteiger partial charge in [-0.3, -0.25) is 4.79 Å². The monoisotopic (exact) mass is 464 g/mol. The molecule has 0 bridgehead atoms. The highest BCUT2D eigenvalue weighted by molar-refractivity contribution is 7.89. The van der Waals surface area contributed by atoms with Gasteiger partial charge in [0.1, 0.15) is 0 Å². The maximum absolute atomic E-state index is 13.0. The van der Waals surface area contributed by atoms with Crippen LogP contribution in [0, 0.1) is 12.8 Å². The van der Waals surface area contributed by atoms with Crippen molar-refractivity contribution in [2.75, 3.05) is 25.0 Å². The van der Waals surface area contributed by atoms with Crippen LogP contribution in [0.25, 0.3) is 0 Å². The number of anilines is 1. The van der Waals surface area contributed by atoms with Crippen LogP contribution in [-0.2, 0) is 19.6 Å². The summed E-state index contributed by atoms with van der Waals surface area (Å²) in [5, 5.41) is 2.99. The first kappa shape index (κ1) is 23.2. The Labute approximate surface area is 187 Å². The minimum Gasteiger partial charge on any atom is -0.462 e. The van der Waals surface area contributed by atoms with E-state index in [9.17, 15) is 18.0 Å². The van der Waals surface area contributed by atoms with Gasteiger partial charge in [-0.2, -0.15) is 4.31 Å². The average Bonchev–Trinajstić information content (AvgIpc) is 2.75. The SMILES string of the molecule is CCOC(=O)c1cc(NC(=O)[C@@H]2CCCN(S(=O)(=O)c3ccc(C)cc3)C2)ccc1Cl. The number of ether oxygens (including phenoxy) is 1. The molecule has 3 rings (SSSR count). The predicted molar refractivity (Wildman–Crippen MR) is 119 cm³/mol. The van der Waals surface area contributed by atoms with Crippen LogP contribution in [0.15, 0.2) is 47.4 Å². The minimum atomic E-state index is -3.67. The standard InChI is InChI=1S/C22H25ClN2O5S/c1-3-30-22(27)19-13-17(8-11-20(19)23)24-21(26)16-5-4-12-25(14-16)31(28,29)18-9-6-15(2)7-10-18/h6-11,13,16H,3-5,12,14H2,1-2H3,(H,24,26)/t16-/m1/s1. The molecule has 0 aromatic heterocycles. The van der Waals surface area contributed by atoms with Crippen molar-refractivity contribution in [2.45, 2.75) is 31.6 Å². The van der Waals surface area contributed by atoms with Crippen LogP contribution in [0.2, 0.25) is 5.02 Å². The van der Waals surface area contributed by atoms with Gasteiger partial charge >= 0.3 is 5.97 Å². The van der Waals surface area contributed by atoms with Gasteiger partial charge in [0.25, 0.3) is 0 Å². The smallest absolute Gasteiger partial charge is 0.339 e. The molecular formula is C22H25ClN2O5S. The van der Waals surface area contributed by atoms with E-state index < -0.39 is 21.9 Å². The largest absolute Gasteiger partial charge is 0.462 e. The molecule has 9 heteroatoms. The topological polar surface area (TPSA) is 92.8 Å². The number of esters is 1. The molecule has 2 aromatic rings. The number of nitrogens with one attached hydrogen (secondary N) is 1. The maximum Gasteiger partial charge on any atom is 0.339 e. The average molecular weight is 465 g/mol. The number of benzene rings is 2. The van der Waals surface area contributed by atoms with Crippen molar-refractivity contribution in [3.05, 3.63) is 58.6 Å². The molecule has 0 spiro atoms. The zero-order valence-corrected chi connectivity index (χ0v) is 19.0. The highest BCUT2D eigenvalue weighted by atomic mass is 35.5. The second-order valence-electron chi connectivity index (χ2n) is 7.42. The van der Waals surface area contributed by atoms with Crippen LogP contribution >= 0.6 is 11.6 Å². The van der Waals surface area contributed by atoms with E-state index in [1.165, 1.54) is 16.4 Å². The molecule has 1 N–H and O–H groups in total. The Morgan fingerprint density at radius 1 is 1.19 bits per heavy atom. The Balaban J connectivity index is 1.72. The summed E-state index contributed by atoms with van der Waals surface area (Å²) in [7, 11) is -3.67. The van der Waals surface area contributed by atoms with Crippen LogP contribution in [0.1, 0.15) is 35.7 Å². The Morgan fingerprint density at radius 2 is 1.90 bits per heavy atom. The summed E-state index contributed by atoms with van der Waals surface area (Å²) in [4.78, 5) is 25.1. The lowest BCUT2D eigenvalue weighted by Gasteiger charge is -2.31. The van der Waals surface area contributed by atoms with Gasteiger partial charge in [0.05, 0.1) is 28.0 Å². The van der Waals surface area contributed by atoms with E-state index in [0.717, 1.165) is 5.56 Å². The summed E-state index contributed by atoms with van der Waals surface area (Å²) < 4.78 is 32.3. The van der Waals surface area contributed by atoms with Crippen LogP contribution < -0.4 is 5.32 Å². The highest BCUT2D eigenvalue weighted by Gasteiger charge is 2.33. The number of amides is 1. The molecule has 0 radical (unpaired) electrons. The summed E-state index contributed by atoms with van der Waals surface area (Å²) >= 11 is 6.06. The lowest BCUT2D eigenvalue weighted by atomic mass is 9.98. The predicted octanol–water partition coefficient (Wildman–Crippen LogP) is 3.86. The molecular weight excluding hydrogens is 440 g/mol.